The largest absolute Gasteiger partial charge is 0.476 e. The van der Waals surface area contributed by atoms with Crippen LogP contribution in [0.25, 0.3) is 0 Å². The van der Waals surface area contributed by atoms with Crippen LogP contribution in [0.15, 0.2) is 60.2 Å². The number of hydrogen-bond acceptors (Lipinski definition) is 3. The Morgan fingerprint density at radius 2 is 1.96 bits per heavy atom. The molecule has 1 aliphatic heterocycles. The average Bonchev–Trinajstić information content (AvgIpc) is 2.68. The molecule has 1 amide bonds. The molecule has 0 aliphatic carbocycles. The normalized spacial score (nSPS) is 15.1. The molecule has 0 spiro atoms. The fraction of sp³-hybridized carbons (Fsp3) is 0.250. The maximum absolute atomic E-state index is 13.5. The molecule has 0 fully saturated rings. The molecule has 2 aromatic carbocycles. The second-order valence-electron chi connectivity index (χ2n) is 6.02. The van der Waals surface area contributed by atoms with E-state index in [1.807, 2.05) is 6.07 Å². The van der Waals surface area contributed by atoms with Gasteiger partial charge in [0.25, 0.3) is 5.91 Å². The van der Waals surface area contributed by atoms with Crippen molar-refractivity contribution < 1.29 is 18.3 Å². The van der Waals surface area contributed by atoms with Crippen LogP contribution in [0.5, 0.6) is 5.75 Å². The fourth-order valence-electron chi connectivity index (χ4n) is 2.71. The standard InChI is InChI=1S/C20H20F2N2O2/c21-17-7-6-16(12-18(17)22)26-19(15-4-2-1-3-5-15)20(25)24-13-14-8-10-23-11-9-14/h1-8,12,19,23H,9-11,13H2,(H,24,25). The first-order chi connectivity index (χ1) is 12.6. The predicted molar refractivity (Wildman–Crippen MR) is 94.7 cm³/mol. The lowest BCUT2D eigenvalue weighted by molar-refractivity contribution is -0.128. The summed E-state index contributed by atoms with van der Waals surface area (Å²) in [5, 5.41) is 6.08. The minimum absolute atomic E-state index is 0.0917. The molecule has 1 unspecified atom stereocenters. The van der Waals surface area contributed by atoms with E-state index < -0.39 is 17.7 Å². The van der Waals surface area contributed by atoms with Gasteiger partial charge in [0, 0.05) is 24.7 Å². The number of carbonyl (C=O) groups is 1. The Bertz CT molecular complexity index is 794. The van der Waals surface area contributed by atoms with E-state index in [4.69, 9.17) is 4.74 Å². The zero-order valence-electron chi connectivity index (χ0n) is 14.2. The van der Waals surface area contributed by atoms with Gasteiger partial charge in [-0.25, -0.2) is 8.78 Å². The minimum Gasteiger partial charge on any atom is -0.476 e. The molecule has 0 aromatic heterocycles. The van der Waals surface area contributed by atoms with Gasteiger partial charge >= 0.3 is 0 Å². The SMILES string of the molecule is O=C(NCC1=CCNCC1)C(Oc1ccc(F)c(F)c1)c1ccccc1. The lowest BCUT2D eigenvalue weighted by atomic mass is 10.1. The van der Waals surface area contributed by atoms with Gasteiger partial charge in [0.2, 0.25) is 6.10 Å². The molecule has 26 heavy (non-hydrogen) atoms. The van der Waals surface area contributed by atoms with E-state index in [9.17, 15) is 13.6 Å². The third-order valence-electron chi connectivity index (χ3n) is 4.13. The van der Waals surface area contributed by atoms with Crippen LogP contribution in [0.1, 0.15) is 18.1 Å². The lowest BCUT2D eigenvalue weighted by Crippen LogP contribution is -2.35. The van der Waals surface area contributed by atoms with E-state index in [1.165, 1.54) is 6.07 Å². The molecule has 4 nitrogen and oxygen atoms in total. The summed E-state index contributed by atoms with van der Waals surface area (Å²) in [4.78, 5) is 12.7. The molecule has 0 saturated heterocycles. The molecule has 0 saturated carbocycles. The molecule has 0 radical (unpaired) electrons. The van der Waals surface area contributed by atoms with Crippen LogP contribution < -0.4 is 15.4 Å². The Morgan fingerprint density at radius 3 is 2.65 bits per heavy atom. The highest BCUT2D eigenvalue weighted by atomic mass is 19.2. The summed E-state index contributed by atoms with van der Waals surface area (Å²) < 4.78 is 32.3. The van der Waals surface area contributed by atoms with E-state index in [1.54, 1.807) is 24.3 Å². The Balaban J connectivity index is 1.75. The van der Waals surface area contributed by atoms with Crippen molar-refractivity contribution in [2.75, 3.05) is 19.6 Å². The first-order valence-electron chi connectivity index (χ1n) is 8.46. The van der Waals surface area contributed by atoms with Crippen LogP contribution >= 0.6 is 0 Å². The number of nitrogens with one attached hydrogen (secondary N) is 2. The molecule has 1 atom stereocenters. The van der Waals surface area contributed by atoms with E-state index in [2.05, 4.69) is 16.7 Å². The summed E-state index contributed by atoms with van der Waals surface area (Å²) in [5.74, 6) is -2.22. The molecule has 136 valence electrons. The van der Waals surface area contributed by atoms with Crippen LogP contribution in [0.2, 0.25) is 0 Å². The smallest absolute Gasteiger partial charge is 0.266 e. The minimum atomic E-state index is -1.02. The van der Waals surface area contributed by atoms with Crippen molar-refractivity contribution in [1.82, 2.24) is 10.6 Å². The Hall–Kier alpha value is -2.73. The van der Waals surface area contributed by atoms with Crippen LogP contribution in [0.3, 0.4) is 0 Å². The lowest BCUT2D eigenvalue weighted by Gasteiger charge is -2.21. The molecule has 1 aliphatic rings. The van der Waals surface area contributed by atoms with Crippen molar-refractivity contribution in [1.29, 1.82) is 0 Å². The van der Waals surface area contributed by atoms with Crippen molar-refractivity contribution in [3.63, 3.8) is 0 Å². The van der Waals surface area contributed by atoms with Gasteiger partial charge in [0.1, 0.15) is 5.75 Å². The summed E-state index contributed by atoms with van der Waals surface area (Å²) in [6.45, 7) is 2.11. The number of rotatable bonds is 6. The summed E-state index contributed by atoms with van der Waals surface area (Å²) >= 11 is 0. The van der Waals surface area contributed by atoms with Crippen molar-refractivity contribution in [3.05, 3.63) is 77.4 Å². The van der Waals surface area contributed by atoms with E-state index in [0.717, 1.165) is 37.2 Å². The molecular formula is C20H20F2N2O2. The van der Waals surface area contributed by atoms with Gasteiger partial charge in [-0.1, -0.05) is 42.0 Å². The quantitative estimate of drug-likeness (QED) is 0.780. The highest BCUT2D eigenvalue weighted by Gasteiger charge is 2.23. The highest BCUT2D eigenvalue weighted by molar-refractivity contribution is 5.82. The van der Waals surface area contributed by atoms with Gasteiger partial charge in [-0.2, -0.15) is 0 Å². The molecular weight excluding hydrogens is 338 g/mol. The number of halogens is 2. The molecule has 6 heteroatoms. The van der Waals surface area contributed by atoms with Crippen molar-refractivity contribution in [2.24, 2.45) is 0 Å². The van der Waals surface area contributed by atoms with Crippen molar-refractivity contribution in [2.45, 2.75) is 12.5 Å². The highest BCUT2D eigenvalue weighted by Crippen LogP contribution is 2.24. The van der Waals surface area contributed by atoms with E-state index in [0.29, 0.717) is 12.1 Å². The second-order valence-corrected chi connectivity index (χ2v) is 6.02. The maximum Gasteiger partial charge on any atom is 0.266 e. The van der Waals surface area contributed by atoms with Crippen LogP contribution in [0.4, 0.5) is 8.78 Å². The Labute approximate surface area is 150 Å². The zero-order valence-corrected chi connectivity index (χ0v) is 14.2. The summed E-state index contributed by atoms with van der Waals surface area (Å²) in [6.07, 6.45) is 1.97. The average molecular weight is 358 g/mol. The topological polar surface area (TPSA) is 50.4 Å². The van der Waals surface area contributed by atoms with Gasteiger partial charge < -0.3 is 15.4 Å². The molecule has 3 rings (SSSR count). The third kappa shape index (κ3) is 4.67. The van der Waals surface area contributed by atoms with Crippen LogP contribution in [-0.2, 0) is 4.79 Å². The maximum atomic E-state index is 13.5. The second kappa shape index (κ2) is 8.58. The van der Waals surface area contributed by atoms with Crippen LogP contribution in [-0.4, -0.2) is 25.5 Å². The van der Waals surface area contributed by atoms with Gasteiger partial charge in [-0.05, 0) is 25.1 Å². The molecule has 0 bridgehead atoms. The van der Waals surface area contributed by atoms with Crippen molar-refractivity contribution in [3.8, 4) is 5.75 Å². The summed E-state index contributed by atoms with van der Waals surface area (Å²) in [5.41, 5.74) is 1.78. The first-order valence-corrected chi connectivity index (χ1v) is 8.46. The predicted octanol–water partition coefficient (Wildman–Crippen LogP) is 3.12. The Morgan fingerprint density at radius 1 is 1.15 bits per heavy atom. The van der Waals surface area contributed by atoms with E-state index >= 15 is 0 Å². The van der Waals surface area contributed by atoms with Crippen LogP contribution in [0, 0.1) is 11.6 Å². The number of carbonyl (C=O) groups excluding carboxylic acids is 1. The molecule has 2 N–H and O–H groups in total. The number of benzene rings is 2. The van der Waals surface area contributed by atoms with Gasteiger partial charge in [0.05, 0.1) is 0 Å². The zero-order chi connectivity index (χ0) is 18.4. The number of ether oxygens (including phenoxy) is 1. The number of amides is 1. The summed E-state index contributed by atoms with van der Waals surface area (Å²) in [7, 11) is 0. The van der Waals surface area contributed by atoms with Gasteiger partial charge in [0.15, 0.2) is 11.6 Å². The Kier molecular flexibility index (Phi) is 5.96. The van der Waals surface area contributed by atoms with E-state index in [-0.39, 0.29) is 11.7 Å². The van der Waals surface area contributed by atoms with Gasteiger partial charge in [-0.15, -0.1) is 0 Å². The van der Waals surface area contributed by atoms with Gasteiger partial charge in [-0.3, -0.25) is 4.79 Å². The third-order valence-corrected chi connectivity index (χ3v) is 4.13. The fourth-order valence-corrected chi connectivity index (χ4v) is 2.71. The molecule has 1 heterocycles. The first kappa shape index (κ1) is 18.1. The summed E-state index contributed by atoms with van der Waals surface area (Å²) in [6, 6.07) is 12.1. The number of hydrogen-bond donors (Lipinski definition) is 2. The molecule has 2 aromatic rings. The monoisotopic (exact) mass is 358 g/mol. The van der Waals surface area contributed by atoms with Crippen molar-refractivity contribution >= 4 is 5.91 Å².